The lowest BCUT2D eigenvalue weighted by atomic mass is 10.6. The minimum Gasteiger partial charge on any atom is -0.416 e. The van der Waals surface area contributed by atoms with Crippen LogP contribution >= 0.6 is 15.9 Å². The van der Waals surface area contributed by atoms with Crippen molar-refractivity contribution in [2.45, 2.75) is 19.4 Å². The minimum atomic E-state index is -1.11. The zero-order valence-corrected chi connectivity index (χ0v) is 12.9. The van der Waals surface area contributed by atoms with Gasteiger partial charge in [0.15, 0.2) is 0 Å². The summed E-state index contributed by atoms with van der Waals surface area (Å²) in [4.78, 5) is 2.15. The molecule has 15 heavy (non-hydrogen) atoms. The van der Waals surface area contributed by atoms with Gasteiger partial charge < -0.3 is 14.1 Å². The predicted molar refractivity (Wildman–Crippen MR) is 71.4 cm³/mol. The zero-order chi connectivity index (χ0) is 11.5. The van der Waals surface area contributed by atoms with Gasteiger partial charge in [-0.05, 0) is 33.5 Å². The standard InChI is InChI=1S/C10H24BrNO2Si/c1-4-13-10-15(9-5-6-11)14-8-7-12(2)3/h15H,4-10H2,1-3H3. The molecule has 1 unspecified atom stereocenters. The normalized spacial score (nSPS) is 13.4. The van der Waals surface area contributed by atoms with E-state index in [1.807, 2.05) is 6.92 Å². The van der Waals surface area contributed by atoms with Gasteiger partial charge in [-0.25, -0.2) is 0 Å². The molecule has 0 rings (SSSR count). The number of rotatable bonds is 10. The molecule has 0 heterocycles. The number of hydrogen-bond donors (Lipinski definition) is 0. The number of halogens is 1. The molecule has 3 nitrogen and oxygen atoms in total. The number of ether oxygens (including phenoxy) is 1. The fourth-order valence-electron chi connectivity index (χ4n) is 1.17. The van der Waals surface area contributed by atoms with E-state index in [1.54, 1.807) is 0 Å². The highest BCUT2D eigenvalue weighted by atomic mass is 79.9. The molecule has 1 atom stereocenters. The maximum atomic E-state index is 5.91. The second kappa shape index (κ2) is 11.1. The van der Waals surface area contributed by atoms with Gasteiger partial charge in [0.25, 0.3) is 0 Å². The summed E-state index contributed by atoms with van der Waals surface area (Å²) in [6, 6.07) is 1.21. The fourth-order valence-corrected chi connectivity index (χ4v) is 4.12. The van der Waals surface area contributed by atoms with E-state index in [1.165, 1.54) is 12.5 Å². The van der Waals surface area contributed by atoms with Gasteiger partial charge in [0.05, 0.1) is 6.23 Å². The molecule has 0 aliphatic carbocycles. The maximum Gasteiger partial charge on any atom is 0.202 e. The van der Waals surface area contributed by atoms with Crippen molar-refractivity contribution in [3.63, 3.8) is 0 Å². The van der Waals surface area contributed by atoms with E-state index in [0.29, 0.717) is 0 Å². The first-order chi connectivity index (χ1) is 7.20. The van der Waals surface area contributed by atoms with Gasteiger partial charge in [-0.2, -0.15) is 0 Å². The lowest BCUT2D eigenvalue weighted by Crippen LogP contribution is -2.29. The zero-order valence-electron chi connectivity index (χ0n) is 10.2. The molecule has 0 fully saturated rings. The molecule has 5 heteroatoms. The van der Waals surface area contributed by atoms with Gasteiger partial charge in [0, 0.05) is 25.1 Å². The molecule has 0 saturated heterocycles. The first kappa shape index (κ1) is 15.6. The second-order valence-electron chi connectivity index (χ2n) is 3.79. The monoisotopic (exact) mass is 297 g/mol. The van der Waals surface area contributed by atoms with Crippen LogP contribution in [0.15, 0.2) is 0 Å². The Hall–Kier alpha value is 0.577. The average molecular weight is 298 g/mol. The van der Waals surface area contributed by atoms with Crippen LogP contribution in [0.4, 0.5) is 0 Å². The van der Waals surface area contributed by atoms with Crippen molar-refractivity contribution in [1.29, 1.82) is 0 Å². The molecule has 0 aromatic heterocycles. The second-order valence-corrected chi connectivity index (χ2v) is 7.07. The van der Waals surface area contributed by atoms with Crippen LogP contribution in [-0.4, -0.2) is 59.4 Å². The first-order valence-corrected chi connectivity index (χ1v) is 8.83. The number of likely N-dealkylation sites (N-methyl/N-ethyl adjacent to an activating group) is 1. The Morgan fingerprint density at radius 1 is 1.33 bits per heavy atom. The van der Waals surface area contributed by atoms with E-state index in [9.17, 15) is 0 Å². The first-order valence-electron chi connectivity index (χ1n) is 5.60. The summed E-state index contributed by atoms with van der Waals surface area (Å²) in [5.41, 5.74) is 0. The van der Waals surface area contributed by atoms with E-state index in [4.69, 9.17) is 9.16 Å². The van der Waals surface area contributed by atoms with Crippen LogP contribution in [-0.2, 0) is 9.16 Å². The minimum absolute atomic E-state index is 0.800. The number of hydrogen-bond acceptors (Lipinski definition) is 3. The van der Waals surface area contributed by atoms with Crippen molar-refractivity contribution in [3.05, 3.63) is 0 Å². The Morgan fingerprint density at radius 2 is 2.07 bits per heavy atom. The molecule has 0 bridgehead atoms. The van der Waals surface area contributed by atoms with Gasteiger partial charge in [0.2, 0.25) is 9.04 Å². The highest BCUT2D eigenvalue weighted by Crippen LogP contribution is 2.03. The Balaban J connectivity index is 3.58. The smallest absolute Gasteiger partial charge is 0.202 e. The molecule has 0 amide bonds. The molecule has 92 valence electrons. The maximum absolute atomic E-state index is 5.91. The van der Waals surface area contributed by atoms with Crippen LogP contribution in [0.5, 0.6) is 0 Å². The van der Waals surface area contributed by atoms with Crippen molar-refractivity contribution in [2.75, 3.05) is 45.4 Å². The Labute approximate surface area is 104 Å². The van der Waals surface area contributed by atoms with E-state index >= 15 is 0 Å². The van der Waals surface area contributed by atoms with E-state index in [0.717, 1.165) is 31.3 Å². The summed E-state index contributed by atoms with van der Waals surface area (Å²) >= 11 is 3.46. The number of nitrogens with zero attached hydrogens (tertiary/aromatic N) is 1. The van der Waals surface area contributed by atoms with E-state index in [-0.39, 0.29) is 0 Å². The fraction of sp³-hybridized carbons (Fsp3) is 1.00. The van der Waals surface area contributed by atoms with Crippen LogP contribution < -0.4 is 0 Å². The van der Waals surface area contributed by atoms with Gasteiger partial charge in [0.1, 0.15) is 0 Å². The molecular formula is C10H24BrNO2Si. The molecule has 0 aromatic carbocycles. The molecule has 0 aromatic rings. The van der Waals surface area contributed by atoms with E-state index < -0.39 is 9.04 Å². The lowest BCUT2D eigenvalue weighted by molar-refractivity contribution is 0.167. The van der Waals surface area contributed by atoms with Crippen molar-refractivity contribution < 1.29 is 9.16 Å². The Bertz CT molecular complexity index is 131. The quantitative estimate of drug-likeness (QED) is 0.452. The molecule has 0 aliphatic heterocycles. The van der Waals surface area contributed by atoms with Gasteiger partial charge in [-0.15, -0.1) is 0 Å². The van der Waals surface area contributed by atoms with Gasteiger partial charge in [-0.1, -0.05) is 15.9 Å². The average Bonchev–Trinajstić information content (AvgIpc) is 2.20. The summed E-state index contributed by atoms with van der Waals surface area (Å²) in [5, 5.41) is 1.07. The molecule has 0 spiro atoms. The van der Waals surface area contributed by atoms with Crippen molar-refractivity contribution in [3.8, 4) is 0 Å². The van der Waals surface area contributed by atoms with Crippen molar-refractivity contribution >= 4 is 25.0 Å². The highest BCUT2D eigenvalue weighted by Gasteiger charge is 2.11. The summed E-state index contributed by atoms with van der Waals surface area (Å²) in [5.74, 6) is 0. The summed E-state index contributed by atoms with van der Waals surface area (Å²) < 4.78 is 11.4. The Morgan fingerprint density at radius 3 is 2.60 bits per heavy atom. The third-order valence-corrected chi connectivity index (χ3v) is 4.99. The largest absolute Gasteiger partial charge is 0.416 e. The van der Waals surface area contributed by atoms with Crippen molar-refractivity contribution in [1.82, 2.24) is 4.90 Å². The van der Waals surface area contributed by atoms with Gasteiger partial charge >= 0.3 is 0 Å². The molecule has 0 N–H and O–H groups in total. The topological polar surface area (TPSA) is 21.7 Å². The summed E-state index contributed by atoms with van der Waals surface area (Å²) in [6.07, 6.45) is 2.06. The molecule has 0 radical (unpaired) electrons. The van der Waals surface area contributed by atoms with Crippen LogP contribution in [0.25, 0.3) is 0 Å². The SMILES string of the molecule is CCOC[SiH](CCCBr)OCCN(C)C. The highest BCUT2D eigenvalue weighted by molar-refractivity contribution is 9.09. The van der Waals surface area contributed by atoms with Gasteiger partial charge in [-0.3, -0.25) is 0 Å². The van der Waals surface area contributed by atoms with Crippen LogP contribution in [0.2, 0.25) is 6.04 Å². The Kier molecular flexibility index (Phi) is 11.5. The van der Waals surface area contributed by atoms with Crippen molar-refractivity contribution in [2.24, 2.45) is 0 Å². The van der Waals surface area contributed by atoms with Crippen LogP contribution in [0, 0.1) is 0 Å². The molecule has 0 aliphatic rings. The summed E-state index contributed by atoms with van der Waals surface area (Å²) in [6.45, 7) is 4.69. The molecular weight excluding hydrogens is 274 g/mol. The predicted octanol–water partition coefficient (Wildman–Crippen LogP) is 1.65. The lowest BCUT2D eigenvalue weighted by Gasteiger charge is -2.17. The molecule has 0 saturated carbocycles. The van der Waals surface area contributed by atoms with Crippen LogP contribution in [0.3, 0.4) is 0 Å². The summed E-state index contributed by atoms with van der Waals surface area (Å²) in [7, 11) is 3.03. The van der Waals surface area contributed by atoms with Crippen LogP contribution in [0.1, 0.15) is 13.3 Å². The van der Waals surface area contributed by atoms with E-state index in [2.05, 4.69) is 34.9 Å². The number of alkyl halides is 1. The third-order valence-electron chi connectivity index (χ3n) is 2.06. The third kappa shape index (κ3) is 10.9.